The van der Waals surface area contributed by atoms with Gasteiger partial charge in [0.25, 0.3) is 0 Å². The lowest BCUT2D eigenvalue weighted by atomic mass is 10.00. The van der Waals surface area contributed by atoms with Gasteiger partial charge in [-0.3, -0.25) is 4.79 Å². The smallest absolute Gasteiger partial charge is 0.240 e. The highest BCUT2D eigenvalue weighted by molar-refractivity contribution is 5.82. The van der Waals surface area contributed by atoms with E-state index in [-0.39, 0.29) is 17.8 Å². The minimum absolute atomic E-state index is 0.0605. The standard InChI is InChI=1S/C19H22FN3O/c20-16-8-6-15(7-9-16)18-13-22-10-11-23(18)19(24)17(21)12-14-4-2-1-3-5-14/h1-9,17-18,22H,10-13,21H2. The Bertz CT molecular complexity index is 675. The maximum absolute atomic E-state index is 13.2. The fourth-order valence-electron chi connectivity index (χ4n) is 3.12. The largest absolute Gasteiger partial charge is 0.332 e. The van der Waals surface area contributed by atoms with E-state index >= 15 is 0 Å². The Morgan fingerprint density at radius 1 is 1.21 bits per heavy atom. The molecule has 126 valence electrons. The zero-order valence-corrected chi connectivity index (χ0v) is 13.5. The number of hydrogen-bond acceptors (Lipinski definition) is 3. The van der Waals surface area contributed by atoms with Crippen molar-refractivity contribution in [1.82, 2.24) is 10.2 Å². The molecule has 24 heavy (non-hydrogen) atoms. The number of rotatable bonds is 4. The molecule has 5 heteroatoms. The fraction of sp³-hybridized carbons (Fsp3) is 0.316. The summed E-state index contributed by atoms with van der Waals surface area (Å²) in [5.41, 5.74) is 8.14. The van der Waals surface area contributed by atoms with E-state index in [4.69, 9.17) is 5.73 Å². The van der Waals surface area contributed by atoms with Gasteiger partial charge in [-0.2, -0.15) is 0 Å². The Kier molecular flexibility index (Phi) is 5.23. The van der Waals surface area contributed by atoms with Crippen LogP contribution in [0.2, 0.25) is 0 Å². The molecule has 2 aromatic carbocycles. The van der Waals surface area contributed by atoms with Crippen LogP contribution in [0.1, 0.15) is 17.2 Å². The molecule has 0 radical (unpaired) electrons. The number of amides is 1. The maximum atomic E-state index is 13.2. The lowest BCUT2D eigenvalue weighted by molar-refractivity contribution is -0.136. The highest BCUT2D eigenvalue weighted by Gasteiger charge is 2.30. The minimum atomic E-state index is -0.576. The molecule has 0 saturated carbocycles. The highest BCUT2D eigenvalue weighted by Crippen LogP contribution is 2.23. The van der Waals surface area contributed by atoms with Crippen LogP contribution in [0.3, 0.4) is 0 Å². The van der Waals surface area contributed by atoms with Gasteiger partial charge in [-0.1, -0.05) is 42.5 Å². The van der Waals surface area contributed by atoms with Crippen LogP contribution in [-0.4, -0.2) is 36.5 Å². The number of nitrogens with one attached hydrogen (secondary N) is 1. The molecule has 2 atom stereocenters. The Balaban J connectivity index is 1.74. The van der Waals surface area contributed by atoms with Gasteiger partial charge in [0.05, 0.1) is 12.1 Å². The maximum Gasteiger partial charge on any atom is 0.240 e. The number of benzene rings is 2. The summed E-state index contributed by atoms with van der Waals surface area (Å²) >= 11 is 0. The normalized spacial score (nSPS) is 19.1. The number of nitrogens with two attached hydrogens (primary N) is 1. The Labute approximate surface area is 141 Å². The van der Waals surface area contributed by atoms with Gasteiger partial charge in [0.2, 0.25) is 5.91 Å². The third-order valence-corrected chi connectivity index (χ3v) is 4.40. The summed E-state index contributed by atoms with van der Waals surface area (Å²) in [5.74, 6) is -0.337. The van der Waals surface area contributed by atoms with Crippen LogP contribution in [0.5, 0.6) is 0 Å². The van der Waals surface area contributed by atoms with E-state index in [1.54, 1.807) is 12.1 Å². The molecule has 3 rings (SSSR count). The van der Waals surface area contributed by atoms with Crippen LogP contribution in [0.15, 0.2) is 54.6 Å². The van der Waals surface area contributed by atoms with Gasteiger partial charge in [0.15, 0.2) is 0 Å². The number of hydrogen-bond donors (Lipinski definition) is 2. The summed E-state index contributed by atoms with van der Waals surface area (Å²) in [6, 6.07) is 15.4. The van der Waals surface area contributed by atoms with Crippen molar-refractivity contribution in [3.8, 4) is 0 Å². The monoisotopic (exact) mass is 327 g/mol. The van der Waals surface area contributed by atoms with Crippen molar-refractivity contribution in [3.63, 3.8) is 0 Å². The van der Waals surface area contributed by atoms with E-state index in [2.05, 4.69) is 5.32 Å². The number of halogens is 1. The van der Waals surface area contributed by atoms with Crippen LogP contribution >= 0.6 is 0 Å². The topological polar surface area (TPSA) is 58.4 Å². The SMILES string of the molecule is NC(Cc1ccccc1)C(=O)N1CCNCC1c1ccc(F)cc1. The van der Waals surface area contributed by atoms with Crippen molar-refractivity contribution in [2.45, 2.75) is 18.5 Å². The summed E-state index contributed by atoms with van der Waals surface area (Å²) in [4.78, 5) is 14.7. The summed E-state index contributed by atoms with van der Waals surface area (Å²) in [7, 11) is 0. The Morgan fingerprint density at radius 3 is 2.62 bits per heavy atom. The second-order valence-corrected chi connectivity index (χ2v) is 6.10. The number of piperazine rings is 1. The zero-order chi connectivity index (χ0) is 16.9. The van der Waals surface area contributed by atoms with Gasteiger partial charge in [-0.25, -0.2) is 4.39 Å². The van der Waals surface area contributed by atoms with Crippen molar-refractivity contribution in [2.24, 2.45) is 5.73 Å². The summed E-state index contributed by atoms with van der Waals surface area (Å²) in [6.07, 6.45) is 0.514. The molecule has 0 aliphatic carbocycles. The predicted octanol–water partition coefficient (Wildman–Crippen LogP) is 1.87. The lowest BCUT2D eigenvalue weighted by Crippen LogP contribution is -2.54. The van der Waals surface area contributed by atoms with Crippen LogP contribution in [0.4, 0.5) is 4.39 Å². The Hall–Kier alpha value is -2.24. The van der Waals surface area contributed by atoms with Gasteiger partial charge in [0, 0.05) is 19.6 Å². The van der Waals surface area contributed by atoms with E-state index in [1.807, 2.05) is 35.2 Å². The van der Waals surface area contributed by atoms with E-state index in [9.17, 15) is 9.18 Å². The first-order valence-corrected chi connectivity index (χ1v) is 8.21. The zero-order valence-electron chi connectivity index (χ0n) is 13.5. The summed E-state index contributed by atoms with van der Waals surface area (Å²) in [5, 5.41) is 3.29. The van der Waals surface area contributed by atoms with Crippen LogP contribution in [-0.2, 0) is 11.2 Å². The molecule has 0 aromatic heterocycles. The van der Waals surface area contributed by atoms with Crippen molar-refractivity contribution in [1.29, 1.82) is 0 Å². The first-order valence-electron chi connectivity index (χ1n) is 8.21. The van der Waals surface area contributed by atoms with E-state index in [0.717, 1.165) is 17.7 Å². The quantitative estimate of drug-likeness (QED) is 0.901. The van der Waals surface area contributed by atoms with Gasteiger partial charge in [-0.05, 0) is 29.7 Å². The molecule has 1 fully saturated rings. The van der Waals surface area contributed by atoms with E-state index in [0.29, 0.717) is 19.5 Å². The Morgan fingerprint density at radius 2 is 1.92 bits per heavy atom. The second kappa shape index (κ2) is 7.55. The van der Waals surface area contributed by atoms with Crippen molar-refractivity contribution >= 4 is 5.91 Å². The van der Waals surface area contributed by atoms with Crippen molar-refractivity contribution < 1.29 is 9.18 Å². The molecule has 0 bridgehead atoms. The van der Waals surface area contributed by atoms with Gasteiger partial charge >= 0.3 is 0 Å². The number of carbonyl (C=O) groups is 1. The molecular formula is C19H22FN3O. The molecule has 4 nitrogen and oxygen atoms in total. The van der Waals surface area contributed by atoms with Gasteiger partial charge < -0.3 is 16.0 Å². The molecule has 1 heterocycles. The fourth-order valence-corrected chi connectivity index (χ4v) is 3.12. The minimum Gasteiger partial charge on any atom is -0.332 e. The molecule has 1 amide bonds. The van der Waals surface area contributed by atoms with Gasteiger partial charge in [-0.15, -0.1) is 0 Å². The molecule has 2 aromatic rings. The number of carbonyl (C=O) groups excluding carboxylic acids is 1. The van der Waals surface area contributed by atoms with Crippen LogP contribution in [0, 0.1) is 5.82 Å². The summed E-state index contributed by atoms with van der Waals surface area (Å²) < 4.78 is 13.2. The van der Waals surface area contributed by atoms with Crippen LogP contribution in [0.25, 0.3) is 0 Å². The molecular weight excluding hydrogens is 305 g/mol. The molecule has 1 aliphatic rings. The second-order valence-electron chi connectivity index (χ2n) is 6.10. The average Bonchev–Trinajstić information content (AvgIpc) is 2.62. The number of nitrogens with zero attached hydrogens (tertiary/aromatic N) is 1. The lowest BCUT2D eigenvalue weighted by Gasteiger charge is -2.38. The molecule has 0 spiro atoms. The first kappa shape index (κ1) is 16.6. The van der Waals surface area contributed by atoms with E-state index in [1.165, 1.54) is 12.1 Å². The van der Waals surface area contributed by atoms with Crippen LogP contribution < -0.4 is 11.1 Å². The van der Waals surface area contributed by atoms with Gasteiger partial charge in [0.1, 0.15) is 5.82 Å². The molecule has 3 N–H and O–H groups in total. The van der Waals surface area contributed by atoms with Crippen molar-refractivity contribution in [2.75, 3.05) is 19.6 Å². The molecule has 1 saturated heterocycles. The third kappa shape index (κ3) is 3.80. The molecule has 2 unspecified atom stereocenters. The predicted molar refractivity (Wildman–Crippen MR) is 91.8 cm³/mol. The van der Waals surface area contributed by atoms with Crippen molar-refractivity contribution in [3.05, 3.63) is 71.5 Å². The average molecular weight is 327 g/mol. The third-order valence-electron chi connectivity index (χ3n) is 4.40. The summed E-state index contributed by atoms with van der Waals surface area (Å²) in [6.45, 7) is 1.99. The first-order chi connectivity index (χ1) is 11.6. The highest BCUT2D eigenvalue weighted by atomic mass is 19.1. The van der Waals surface area contributed by atoms with E-state index < -0.39 is 6.04 Å². The molecule has 1 aliphatic heterocycles.